The van der Waals surface area contributed by atoms with E-state index in [0.29, 0.717) is 5.92 Å². The van der Waals surface area contributed by atoms with Crippen molar-refractivity contribution in [3.63, 3.8) is 0 Å². The van der Waals surface area contributed by atoms with Crippen molar-refractivity contribution in [2.24, 2.45) is 5.92 Å². The first-order valence-corrected chi connectivity index (χ1v) is 5.15. The van der Waals surface area contributed by atoms with Crippen molar-refractivity contribution in [3.8, 4) is 0 Å². The lowest BCUT2D eigenvalue weighted by Crippen LogP contribution is -2.32. The first-order valence-electron chi connectivity index (χ1n) is 4.27. The summed E-state index contributed by atoms with van der Waals surface area (Å²) in [6.45, 7) is 5.64. The van der Waals surface area contributed by atoms with E-state index in [1.807, 2.05) is 19.2 Å². The van der Waals surface area contributed by atoms with E-state index in [1.165, 1.54) is 11.3 Å². The van der Waals surface area contributed by atoms with Gasteiger partial charge in [-0.2, -0.15) is 0 Å². The highest BCUT2D eigenvalue weighted by Gasteiger charge is 2.18. The Labute approximate surface area is 82.2 Å². The highest BCUT2D eigenvalue weighted by molar-refractivity contribution is 7.13. The van der Waals surface area contributed by atoms with Gasteiger partial charge in [0.05, 0.1) is 6.04 Å². The molecule has 1 aromatic heterocycles. The molecule has 0 aromatic carbocycles. The minimum absolute atomic E-state index is 0.119. The third kappa shape index (κ3) is 2.81. The molecular weight excluding hydrogens is 184 g/mol. The van der Waals surface area contributed by atoms with E-state index in [-0.39, 0.29) is 11.8 Å². The third-order valence-corrected chi connectivity index (χ3v) is 2.52. The molecule has 0 fully saturated rings. The molecule has 0 amide bonds. The Morgan fingerprint density at radius 2 is 2.31 bits per heavy atom. The number of nitrogens with one attached hydrogen (secondary N) is 1. The molecule has 1 heterocycles. The Bertz CT molecular complexity index is 269. The van der Waals surface area contributed by atoms with Crippen LogP contribution >= 0.6 is 11.3 Å². The fourth-order valence-electron chi connectivity index (χ4n) is 1.17. The van der Waals surface area contributed by atoms with Crippen LogP contribution in [0, 0.1) is 5.92 Å². The van der Waals surface area contributed by atoms with Gasteiger partial charge in [0.25, 0.3) is 0 Å². The summed E-state index contributed by atoms with van der Waals surface area (Å²) in [6, 6.07) is -0.119. The lowest BCUT2D eigenvalue weighted by atomic mass is 10.0. The van der Waals surface area contributed by atoms with Crippen LogP contribution in [-0.2, 0) is 4.79 Å². The van der Waals surface area contributed by atoms with Gasteiger partial charge in [0.15, 0.2) is 10.9 Å². The van der Waals surface area contributed by atoms with Gasteiger partial charge in [-0.05, 0) is 12.8 Å². The maximum atomic E-state index is 11.2. The molecule has 0 spiro atoms. The van der Waals surface area contributed by atoms with Crippen LogP contribution in [0.3, 0.4) is 0 Å². The Hall–Kier alpha value is -0.900. The van der Waals surface area contributed by atoms with Gasteiger partial charge in [-0.1, -0.05) is 13.8 Å². The molecule has 0 saturated carbocycles. The summed E-state index contributed by atoms with van der Waals surface area (Å²) in [5.74, 6) is 0.451. The molecule has 0 aliphatic carbocycles. The summed E-state index contributed by atoms with van der Waals surface area (Å²) in [5.41, 5.74) is 0. The summed E-state index contributed by atoms with van der Waals surface area (Å²) < 4.78 is 0. The predicted octanol–water partition coefficient (Wildman–Crippen LogP) is 2.17. The normalized spacial score (nSPS) is 12.9. The van der Waals surface area contributed by atoms with Crippen molar-refractivity contribution in [2.75, 3.05) is 5.32 Å². The van der Waals surface area contributed by atoms with Crippen LogP contribution in [0.15, 0.2) is 11.6 Å². The lowest BCUT2D eigenvalue weighted by Gasteiger charge is -2.18. The Kier molecular flexibility index (Phi) is 3.42. The smallest absolute Gasteiger partial charge is 0.183 e. The first kappa shape index (κ1) is 10.2. The molecule has 4 heteroatoms. The van der Waals surface area contributed by atoms with E-state index in [2.05, 4.69) is 10.3 Å². The van der Waals surface area contributed by atoms with Crippen LogP contribution in [0.5, 0.6) is 0 Å². The van der Waals surface area contributed by atoms with E-state index >= 15 is 0 Å². The van der Waals surface area contributed by atoms with E-state index in [0.717, 1.165) is 5.13 Å². The second-order valence-electron chi connectivity index (χ2n) is 3.31. The van der Waals surface area contributed by atoms with Crippen molar-refractivity contribution in [1.29, 1.82) is 0 Å². The molecule has 13 heavy (non-hydrogen) atoms. The van der Waals surface area contributed by atoms with Gasteiger partial charge in [0.2, 0.25) is 0 Å². The number of carbonyl (C=O) groups is 1. The molecule has 1 unspecified atom stereocenters. The van der Waals surface area contributed by atoms with E-state index in [1.54, 1.807) is 13.1 Å². The molecule has 0 aliphatic heterocycles. The number of hydrogen-bond acceptors (Lipinski definition) is 4. The fraction of sp³-hybridized carbons (Fsp3) is 0.556. The molecule has 1 atom stereocenters. The number of carbonyl (C=O) groups excluding carboxylic acids is 1. The molecule has 0 aliphatic rings. The van der Waals surface area contributed by atoms with Gasteiger partial charge in [-0.3, -0.25) is 4.79 Å². The molecule has 3 nitrogen and oxygen atoms in total. The van der Waals surface area contributed by atoms with Gasteiger partial charge in [-0.25, -0.2) is 4.98 Å². The monoisotopic (exact) mass is 198 g/mol. The molecule has 1 aromatic rings. The fourth-order valence-corrected chi connectivity index (χ4v) is 1.73. The Morgan fingerprint density at radius 3 is 2.69 bits per heavy atom. The first-order chi connectivity index (χ1) is 6.11. The number of Topliss-reactive ketones (excluding diaryl/α,β-unsaturated/α-hetero) is 1. The molecule has 0 bridgehead atoms. The average molecular weight is 198 g/mol. The standard InChI is InChI=1S/C9H14N2OS/c1-6(2)8(7(3)12)11-9-10-4-5-13-9/h4-6,8H,1-3H3,(H,10,11). The van der Waals surface area contributed by atoms with Crippen LogP contribution < -0.4 is 5.32 Å². The highest BCUT2D eigenvalue weighted by atomic mass is 32.1. The number of rotatable bonds is 4. The Morgan fingerprint density at radius 1 is 1.62 bits per heavy atom. The topological polar surface area (TPSA) is 42.0 Å². The summed E-state index contributed by atoms with van der Waals surface area (Å²) >= 11 is 1.51. The number of ketones is 1. The number of hydrogen-bond donors (Lipinski definition) is 1. The van der Waals surface area contributed by atoms with Crippen LogP contribution in [0.4, 0.5) is 5.13 Å². The number of aromatic nitrogens is 1. The zero-order valence-electron chi connectivity index (χ0n) is 8.07. The molecule has 1 N–H and O–H groups in total. The van der Waals surface area contributed by atoms with Crippen molar-refractivity contribution in [2.45, 2.75) is 26.8 Å². The summed E-state index contributed by atoms with van der Waals surface area (Å²) in [5, 5.41) is 5.82. The largest absolute Gasteiger partial charge is 0.351 e. The zero-order valence-corrected chi connectivity index (χ0v) is 8.89. The summed E-state index contributed by atoms with van der Waals surface area (Å²) in [6.07, 6.45) is 1.73. The Balaban J connectivity index is 2.63. The van der Waals surface area contributed by atoms with Crippen molar-refractivity contribution in [1.82, 2.24) is 4.98 Å². The summed E-state index contributed by atoms with van der Waals surface area (Å²) in [7, 11) is 0. The van der Waals surface area contributed by atoms with Crippen LogP contribution in [0.25, 0.3) is 0 Å². The van der Waals surface area contributed by atoms with E-state index < -0.39 is 0 Å². The van der Waals surface area contributed by atoms with Gasteiger partial charge >= 0.3 is 0 Å². The van der Waals surface area contributed by atoms with Crippen molar-refractivity contribution in [3.05, 3.63) is 11.6 Å². The minimum atomic E-state index is -0.119. The van der Waals surface area contributed by atoms with Gasteiger partial charge in [0, 0.05) is 11.6 Å². The predicted molar refractivity (Wildman–Crippen MR) is 55.0 cm³/mol. The van der Waals surface area contributed by atoms with Crippen LogP contribution in [0.1, 0.15) is 20.8 Å². The van der Waals surface area contributed by atoms with E-state index in [9.17, 15) is 4.79 Å². The van der Waals surface area contributed by atoms with Gasteiger partial charge in [0.1, 0.15) is 0 Å². The second-order valence-corrected chi connectivity index (χ2v) is 4.21. The quantitative estimate of drug-likeness (QED) is 0.806. The van der Waals surface area contributed by atoms with Gasteiger partial charge in [-0.15, -0.1) is 11.3 Å². The third-order valence-electron chi connectivity index (χ3n) is 1.82. The molecular formula is C9H14N2OS. The lowest BCUT2D eigenvalue weighted by molar-refractivity contribution is -0.118. The zero-order chi connectivity index (χ0) is 9.84. The maximum Gasteiger partial charge on any atom is 0.183 e. The number of nitrogens with zero attached hydrogens (tertiary/aromatic N) is 1. The molecule has 1 rings (SSSR count). The van der Waals surface area contributed by atoms with Crippen molar-refractivity contribution >= 4 is 22.3 Å². The summed E-state index contributed by atoms with van der Waals surface area (Å²) in [4.78, 5) is 15.3. The number of thiazole rings is 1. The molecule has 72 valence electrons. The van der Waals surface area contributed by atoms with E-state index in [4.69, 9.17) is 0 Å². The maximum absolute atomic E-state index is 11.2. The molecule has 0 saturated heterocycles. The average Bonchev–Trinajstić information content (AvgIpc) is 2.50. The minimum Gasteiger partial charge on any atom is -0.351 e. The van der Waals surface area contributed by atoms with Crippen LogP contribution in [-0.4, -0.2) is 16.8 Å². The van der Waals surface area contributed by atoms with Gasteiger partial charge < -0.3 is 5.32 Å². The SMILES string of the molecule is CC(=O)C(Nc1nccs1)C(C)C. The van der Waals surface area contributed by atoms with Crippen LogP contribution in [0.2, 0.25) is 0 Å². The van der Waals surface area contributed by atoms with Crippen molar-refractivity contribution < 1.29 is 4.79 Å². The number of anilines is 1. The second kappa shape index (κ2) is 4.37. The molecule has 0 radical (unpaired) electrons. The highest BCUT2D eigenvalue weighted by Crippen LogP contribution is 2.15.